The van der Waals surface area contributed by atoms with Crippen LogP contribution in [0, 0.1) is 0 Å². The van der Waals surface area contributed by atoms with Crippen LogP contribution in [-0.2, 0) is 6.54 Å². The molecule has 13 heavy (non-hydrogen) atoms. The summed E-state index contributed by atoms with van der Waals surface area (Å²) in [5.41, 5.74) is 0. The van der Waals surface area contributed by atoms with E-state index in [1.54, 1.807) is 7.11 Å². The maximum absolute atomic E-state index is 4.98. The molecule has 0 atom stereocenters. The molecule has 0 N–H and O–H groups in total. The van der Waals surface area contributed by atoms with Gasteiger partial charge in [-0.1, -0.05) is 0 Å². The maximum Gasteiger partial charge on any atom is 0.232 e. The van der Waals surface area contributed by atoms with E-state index < -0.39 is 0 Å². The van der Waals surface area contributed by atoms with E-state index in [4.69, 9.17) is 4.74 Å². The van der Waals surface area contributed by atoms with Crippen LogP contribution in [0.4, 0.5) is 0 Å². The lowest BCUT2D eigenvalue weighted by Gasteiger charge is -2.08. The molecule has 1 heterocycles. The molecule has 0 amide bonds. The van der Waals surface area contributed by atoms with Gasteiger partial charge in [-0.2, -0.15) is 0 Å². The summed E-state index contributed by atoms with van der Waals surface area (Å²) in [6.07, 6.45) is 3.05. The molecule has 0 saturated heterocycles. The first-order chi connectivity index (χ1) is 6.22. The summed E-state index contributed by atoms with van der Waals surface area (Å²) in [6, 6.07) is 1.87. The predicted molar refractivity (Wildman–Crippen MR) is 52.0 cm³/mol. The molecule has 74 valence electrons. The molecule has 1 aromatic rings. The molecular weight excluding hydrogens is 166 g/mol. The molecule has 0 aliphatic heterocycles. The van der Waals surface area contributed by atoms with Crippen molar-refractivity contribution in [3.63, 3.8) is 0 Å². The van der Waals surface area contributed by atoms with E-state index in [9.17, 15) is 0 Å². The van der Waals surface area contributed by atoms with Gasteiger partial charge in [-0.05, 0) is 27.1 Å². The Morgan fingerprint density at radius 2 is 2.31 bits per heavy atom. The lowest BCUT2D eigenvalue weighted by atomic mass is 10.4. The molecule has 0 fully saturated rings. The van der Waals surface area contributed by atoms with Crippen LogP contribution < -0.4 is 4.74 Å². The summed E-state index contributed by atoms with van der Waals surface area (Å²) < 4.78 is 6.88. The van der Waals surface area contributed by atoms with Gasteiger partial charge in [0.2, 0.25) is 5.88 Å². The maximum atomic E-state index is 4.98. The minimum Gasteiger partial charge on any atom is -0.480 e. The molecule has 0 spiro atoms. The van der Waals surface area contributed by atoms with E-state index in [0.717, 1.165) is 19.5 Å². The number of nitrogens with zero attached hydrogens (tertiary/aromatic N) is 3. The Hall–Kier alpha value is -1.03. The number of methoxy groups -OCH3 is 1. The fourth-order valence-corrected chi connectivity index (χ4v) is 1.13. The second-order valence-corrected chi connectivity index (χ2v) is 3.28. The van der Waals surface area contributed by atoms with E-state index in [2.05, 4.69) is 24.1 Å². The highest BCUT2D eigenvalue weighted by molar-refractivity contribution is 5.04. The van der Waals surface area contributed by atoms with E-state index in [-0.39, 0.29) is 0 Å². The average Bonchev–Trinajstić information content (AvgIpc) is 2.52. The first-order valence-corrected chi connectivity index (χ1v) is 4.44. The van der Waals surface area contributed by atoms with E-state index in [1.165, 1.54) is 0 Å². The Morgan fingerprint density at radius 1 is 1.54 bits per heavy atom. The van der Waals surface area contributed by atoms with Crippen molar-refractivity contribution in [1.82, 2.24) is 14.7 Å². The average molecular weight is 183 g/mol. The number of hydrogen-bond donors (Lipinski definition) is 0. The summed E-state index contributed by atoms with van der Waals surface area (Å²) in [6.45, 7) is 2.03. The van der Waals surface area contributed by atoms with Gasteiger partial charge in [0, 0.05) is 18.8 Å². The van der Waals surface area contributed by atoms with Crippen LogP contribution in [0.1, 0.15) is 6.42 Å². The highest BCUT2D eigenvalue weighted by atomic mass is 16.5. The lowest BCUT2D eigenvalue weighted by molar-refractivity contribution is 0.367. The summed E-state index contributed by atoms with van der Waals surface area (Å²) in [5, 5.41) is 4.20. The van der Waals surface area contributed by atoms with Gasteiger partial charge in [0.05, 0.1) is 7.11 Å². The summed E-state index contributed by atoms with van der Waals surface area (Å²) in [4.78, 5) is 2.17. The van der Waals surface area contributed by atoms with Crippen LogP contribution in [0.15, 0.2) is 12.3 Å². The zero-order valence-corrected chi connectivity index (χ0v) is 8.53. The number of rotatable bonds is 5. The molecule has 0 aliphatic carbocycles. The van der Waals surface area contributed by atoms with Crippen LogP contribution in [-0.4, -0.2) is 42.4 Å². The normalized spacial score (nSPS) is 10.8. The third kappa shape index (κ3) is 3.46. The molecule has 0 radical (unpaired) electrons. The fraction of sp³-hybridized carbons (Fsp3) is 0.667. The smallest absolute Gasteiger partial charge is 0.232 e. The summed E-state index contributed by atoms with van der Waals surface area (Å²) in [5.74, 6) is 0.685. The minimum atomic E-state index is 0.685. The van der Waals surface area contributed by atoms with Gasteiger partial charge in [-0.3, -0.25) is 4.68 Å². The molecule has 0 unspecified atom stereocenters. The largest absolute Gasteiger partial charge is 0.480 e. The van der Waals surface area contributed by atoms with Crippen LogP contribution in [0.2, 0.25) is 0 Å². The van der Waals surface area contributed by atoms with Crippen molar-refractivity contribution < 1.29 is 4.74 Å². The molecule has 0 aromatic carbocycles. The first-order valence-electron chi connectivity index (χ1n) is 4.44. The van der Waals surface area contributed by atoms with Gasteiger partial charge in [0.1, 0.15) is 0 Å². The molecule has 0 bridgehead atoms. The van der Waals surface area contributed by atoms with E-state index >= 15 is 0 Å². The van der Waals surface area contributed by atoms with Crippen molar-refractivity contribution in [3.05, 3.63) is 12.3 Å². The van der Waals surface area contributed by atoms with Gasteiger partial charge in [-0.25, -0.2) is 0 Å². The van der Waals surface area contributed by atoms with Gasteiger partial charge >= 0.3 is 0 Å². The van der Waals surface area contributed by atoms with Gasteiger partial charge in [-0.15, -0.1) is 5.10 Å². The quantitative estimate of drug-likeness (QED) is 0.677. The summed E-state index contributed by atoms with van der Waals surface area (Å²) >= 11 is 0. The standard InChI is InChI=1S/C9H17N3O/c1-11(2)6-4-7-12-8-5-9(10-12)13-3/h5,8H,4,6-7H2,1-3H3. The SMILES string of the molecule is COc1ccn(CCCN(C)C)n1. The van der Waals surface area contributed by atoms with Crippen molar-refractivity contribution in [3.8, 4) is 5.88 Å². The zero-order valence-electron chi connectivity index (χ0n) is 8.53. The van der Waals surface area contributed by atoms with Crippen LogP contribution in [0.5, 0.6) is 5.88 Å². The number of hydrogen-bond acceptors (Lipinski definition) is 3. The Morgan fingerprint density at radius 3 is 2.85 bits per heavy atom. The Bertz CT molecular complexity index is 245. The Labute approximate surface area is 79.1 Å². The second kappa shape index (κ2) is 4.87. The topological polar surface area (TPSA) is 30.3 Å². The van der Waals surface area contributed by atoms with E-state index in [0.29, 0.717) is 5.88 Å². The molecule has 4 nitrogen and oxygen atoms in total. The molecule has 1 rings (SSSR count). The van der Waals surface area contributed by atoms with Gasteiger partial charge < -0.3 is 9.64 Å². The Kier molecular flexibility index (Phi) is 3.76. The van der Waals surface area contributed by atoms with Gasteiger partial charge in [0.15, 0.2) is 0 Å². The molecular formula is C9H17N3O. The lowest BCUT2D eigenvalue weighted by Crippen LogP contribution is -2.15. The van der Waals surface area contributed by atoms with Crippen LogP contribution in [0.3, 0.4) is 0 Å². The highest BCUT2D eigenvalue weighted by Gasteiger charge is 1.97. The Balaban J connectivity index is 2.28. The first kappa shape index (κ1) is 10.1. The van der Waals surface area contributed by atoms with Gasteiger partial charge in [0.25, 0.3) is 0 Å². The molecule has 0 aliphatic rings. The van der Waals surface area contributed by atoms with Crippen molar-refractivity contribution >= 4 is 0 Å². The predicted octanol–water partition coefficient (Wildman–Crippen LogP) is 0.843. The third-order valence-electron chi connectivity index (χ3n) is 1.82. The van der Waals surface area contributed by atoms with Crippen molar-refractivity contribution in [2.45, 2.75) is 13.0 Å². The van der Waals surface area contributed by atoms with Crippen LogP contribution in [0.25, 0.3) is 0 Å². The highest BCUT2D eigenvalue weighted by Crippen LogP contribution is 2.04. The third-order valence-corrected chi connectivity index (χ3v) is 1.82. The second-order valence-electron chi connectivity index (χ2n) is 3.28. The number of aromatic nitrogens is 2. The van der Waals surface area contributed by atoms with Crippen molar-refractivity contribution in [2.75, 3.05) is 27.7 Å². The zero-order chi connectivity index (χ0) is 9.68. The number of ether oxygens (including phenoxy) is 1. The number of aryl methyl sites for hydroxylation is 1. The fourth-order valence-electron chi connectivity index (χ4n) is 1.13. The molecule has 1 aromatic heterocycles. The van der Waals surface area contributed by atoms with Crippen LogP contribution >= 0.6 is 0 Å². The molecule has 0 saturated carbocycles. The van der Waals surface area contributed by atoms with Crippen molar-refractivity contribution in [2.24, 2.45) is 0 Å². The van der Waals surface area contributed by atoms with Crippen molar-refractivity contribution in [1.29, 1.82) is 0 Å². The molecule has 4 heteroatoms. The minimum absolute atomic E-state index is 0.685. The van der Waals surface area contributed by atoms with E-state index in [1.807, 2.05) is 16.9 Å². The summed E-state index contributed by atoms with van der Waals surface area (Å²) in [7, 11) is 5.78. The monoisotopic (exact) mass is 183 g/mol.